The smallest absolute Gasteiger partial charge is 0.270 e. The molecule has 1 saturated heterocycles. The van der Waals surface area contributed by atoms with Crippen LogP contribution in [0.3, 0.4) is 0 Å². The molecule has 0 unspecified atom stereocenters. The molecule has 0 atom stereocenters. The second-order valence-electron chi connectivity index (χ2n) is 7.45. The van der Waals surface area contributed by atoms with Gasteiger partial charge >= 0.3 is 0 Å². The number of carbonyl (C=O) groups excluding carboxylic acids is 2. The molecule has 170 valence electrons. The van der Waals surface area contributed by atoms with Crippen LogP contribution in [0.2, 0.25) is 0 Å². The van der Waals surface area contributed by atoms with Gasteiger partial charge < -0.3 is 14.2 Å². The molecule has 0 radical (unpaired) electrons. The Morgan fingerprint density at radius 2 is 1.79 bits per heavy atom. The lowest BCUT2D eigenvalue weighted by molar-refractivity contribution is -0.122. The maximum Gasteiger partial charge on any atom is 0.270 e. The number of halogens is 1. The summed E-state index contributed by atoms with van der Waals surface area (Å²) in [6.07, 6.45) is 1.43. The summed E-state index contributed by atoms with van der Waals surface area (Å²) in [6, 6.07) is 18.2. The van der Waals surface area contributed by atoms with Crippen molar-refractivity contribution in [1.82, 2.24) is 5.32 Å². The van der Waals surface area contributed by atoms with E-state index in [9.17, 15) is 14.0 Å². The molecule has 2 amide bonds. The Morgan fingerprint density at radius 1 is 1.03 bits per heavy atom. The van der Waals surface area contributed by atoms with Gasteiger partial charge in [-0.15, -0.1) is 0 Å². The minimum atomic E-state index is -0.706. The number of carbonyl (C=O) groups is 2. The number of anilines is 1. The van der Waals surface area contributed by atoms with Crippen LogP contribution in [0, 0.1) is 5.82 Å². The number of thiocarbonyl (C=S) groups is 1. The number of nitrogens with zero attached hydrogens (tertiary/aromatic N) is 1. The van der Waals surface area contributed by atoms with Crippen LogP contribution in [0.5, 0.6) is 17.2 Å². The molecule has 0 aliphatic carbocycles. The molecular weight excluding hydrogens is 459 g/mol. The number of ether oxygens (including phenoxy) is 3. The van der Waals surface area contributed by atoms with Crippen molar-refractivity contribution in [2.75, 3.05) is 11.7 Å². The van der Waals surface area contributed by atoms with E-state index < -0.39 is 17.6 Å². The molecule has 34 heavy (non-hydrogen) atoms. The van der Waals surface area contributed by atoms with Crippen LogP contribution in [0.25, 0.3) is 6.08 Å². The lowest BCUT2D eigenvalue weighted by Crippen LogP contribution is -2.54. The normalized spacial score (nSPS) is 16.1. The fourth-order valence-corrected chi connectivity index (χ4v) is 3.81. The van der Waals surface area contributed by atoms with Crippen molar-refractivity contribution >= 4 is 40.9 Å². The van der Waals surface area contributed by atoms with E-state index in [4.69, 9.17) is 26.4 Å². The third-order valence-corrected chi connectivity index (χ3v) is 5.51. The van der Waals surface area contributed by atoms with Crippen LogP contribution in [0.1, 0.15) is 11.1 Å². The Hall–Kier alpha value is -4.24. The number of rotatable bonds is 5. The van der Waals surface area contributed by atoms with Crippen molar-refractivity contribution in [2.45, 2.75) is 6.61 Å². The second-order valence-corrected chi connectivity index (χ2v) is 7.84. The Balaban J connectivity index is 1.31. The first kappa shape index (κ1) is 21.6. The van der Waals surface area contributed by atoms with Gasteiger partial charge in [0.15, 0.2) is 16.6 Å². The van der Waals surface area contributed by atoms with Crippen LogP contribution in [0.15, 0.2) is 72.3 Å². The van der Waals surface area contributed by atoms with Crippen molar-refractivity contribution in [3.63, 3.8) is 0 Å². The van der Waals surface area contributed by atoms with Crippen molar-refractivity contribution in [3.8, 4) is 17.2 Å². The zero-order valence-corrected chi connectivity index (χ0v) is 18.4. The van der Waals surface area contributed by atoms with E-state index in [-0.39, 0.29) is 23.2 Å². The van der Waals surface area contributed by atoms with Crippen LogP contribution in [-0.4, -0.2) is 23.7 Å². The lowest BCUT2D eigenvalue weighted by atomic mass is 10.1. The standard InChI is InChI=1S/C25H17FN2O5S/c26-19-3-1-2-4-20(19)28-24(30)18(23(29)27-25(28)34)11-15-5-8-17(9-6-15)31-13-16-7-10-21-22(12-16)33-14-32-21/h1-12H,13-14H2,(H,27,29,34)/b18-11+. The van der Waals surface area contributed by atoms with Crippen molar-refractivity contribution in [1.29, 1.82) is 0 Å². The first-order valence-corrected chi connectivity index (χ1v) is 10.7. The van der Waals surface area contributed by atoms with Crippen molar-refractivity contribution in [3.05, 3.63) is 89.2 Å². The molecule has 5 rings (SSSR count). The maximum atomic E-state index is 14.3. The highest BCUT2D eigenvalue weighted by Gasteiger charge is 2.35. The molecule has 0 bridgehead atoms. The largest absolute Gasteiger partial charge is 0.489 e. The molecule has 3 aromatic carbocycles. The molecule has 0 saturated carbocycles. The Kier molecular flexibility index (Phi) is 5.69. The predicted molar refractivity (Wildman–Crippen MR) is 126 cm³/mol. The van der Waals surface area contributed by atoms with E-state index in [1.54, 1.807) is 30.3 Å². The Morgan fingerprint density at radius 3 is 2.59 bits per heavy atom. The van der Waals surface area contributed by atoms with E-state index in [1.165, 1.54) is 24.3 Å². The molecule has 3 aromatic rings. The number of benzene rings is 3. The summed E-state index contributed by atoms with van der Waals surface area (Å²) in [4.78, 5) is 26.4. The monoisotopic (exact) mass is 476 g/mol. The zero-order valence-electron chi connectivity index (χ0n) is 17.6. The van der Waals surface area contributed by atoms with E-state index in [1.807, 2.05) is 18.2 Å². The van der Waals surface area contributed by atoms with Gasteiger partial charge in [0.2, 0.25) is 6.79 Å². The third kappa shape index (κ3) is 4.20. The average molecular weight is 476 g/mol. The highest BCUT2D eigenvalue weighted by Crippen LogP contribution is 2.33. The molecule has 2 aliphatic rings. The van der Waals surface area contributed by atoms with Crippen molar-refractivity contribution < 1.29 is 28.2 Å². The van der Waals surface area contributed by atoms with Crippen LogP contribution in [-0.2, 0) is 16.2 Å². The quantitative estimate of drug-likeness (QED) is 0.341. The van der Waals surface area contributed by atoms with Crippen LogP contribution in [0.4, 0.5) is 10.1 Å². The summed E-state index contributed by atoms with van der Waals surface area (Å²) in [5.74, 6) is 0.0120. The molecule has 1 fully saturated rings. The summed E-state index contributed by atoms with van der Waals surface area (Å²) in [7, 11) is 0. The van der Waals surface area contributed by atoms with E-state index in [0.29, 0.717) is 29.4 Å². The number of hydrogen-bond donors (Lipinski definition) is 1. The Labute approximate surface area is 199 Å². The van der Waals surface area contributed by atoms with Crippen molar-refractivity contribution in [2.24, 2.45) is 0 Å². The summed E-state index contributed by atoms with van der Waals surface area (Å²) >= 11 is 5.10. The minimum absolute atomic E-state index is 0.0318. The highest BCUT2D eigenvalue weighted by atomic mass is 32.1. The van der Waals surface area contributed by atoms with Gasteiger partial charge in [0.25, 0.3) is 11.8 Å². The van der Waals surface area contributed by atoms with Gasteiger partial charge in [-0.05, 0) is 65.8 Å². The van der Waals surface area contributed by atoms with Gasteiger partial charge in [0.05, 0.1) is 5.69 Å². The molecule has 9 heteroatoms. The number of amides is 2. The van der Waals surface area contributed by atoms with Crippen LogP contribution >= 0.6 is 12.2 Å². The van der Waals surface area contributed by atoms with Gasteiger partial charge in [0, 0.05) is 0 Å². The summed E-state index contributed by atoms with van der Waals surface area (Å²) in [6.45, 7) is 0.536. The summed E-state index contributed by atoms with van der Waals surface area (Å²) < 4.78 is 30.7. The van der Waals surface area contributed by atoms with Gasteiger partial charge in [-0.3, -0.25) is 14.9 Å². The topological polar surface area (TPSA) is 77.1 Å². The number of para-hydroxylation sites is 1. The van der Waals surface area contributed by atoms with Gasteiger partial charge in [-0.25, -0.2) is 9.29 Å². The first-order chi connectivity index (χ1) is 16.5. The third-order valence-electron chi connectivity index (χ3n) is 5.23. The molecule has 1 N–H and O–H groups in total. The summed E-state index contributed by atoms with van der Waals surface area (Å²) in [5.41, 5.74) is 1.32. The molecule has 2 heterocycles. The number of hydrogen-bond acceptors (Lipinski definition) is 6. The Bertz CT molecular complexity index is 1340. The lowest BCUT2D eigenvalue weighted by Gasteiger charge is -2.29. The summed E-state index contributed by atoms with van der Waals surface area (Å²) in [5, 5.41) is 2.27. The first-order valence-electron chi connectivity index (χ1n) is 10.3. The fraction of sp³-hybridized carbons (Fsp3) is 0.0800. The highest BCUT2D eigenvalue weighted by molar-refractivity contribution is 7.80. The van der Waals surface area contributed by atoms with E-state index in [0.717, 1.165) is 10.5 Å². The van der Waals surface area contributed by atoms with Crippen LogP contribution < -0.4 is 24.4 Å². The fourth-order valence-electron chi connectivity index (χ4n) is 3.53. The van der Waals surface area contributed by atoms with Gasteiger partial charge in [-0.2, -0.15) is 0 Å². The average Bonchev–Trinajstić information content (AvgIpc) is 3.30. The maximum absolute atomic E-state index is 14.3. The number of fused-ring (bicyclic) bond motifs is 1. The molecular formula is C25H17FN2O5S. The van der Waals surface area contributed by atoms with E-state index >= 15 is 0 Å². The second kappa shape index (κ2) is 8.95. The minimum Gasteiger partial charge on any atom is -0.489 e. The van der Waals surface area contributed by atoms with Gasteiger partial charge in [-0.1, -0.05) is 30.3 Å². The zero-order chi connectivity index (χ0) is 23.7. The van der Waals surface area contributed by atoms with E-state index in [2.05, 4.69) is 5.32 Å². The molecule has 0 spiro atoms. The molecule has 2 aliphatic heterocycles. The SMILES string of the molecule is O=C1NC(=S)N(c2ccccc2F)C(=O)/C1=C/c1ccc(OCc2ccc3c(c2)OCO3)cc1. The predicted octanol–water partition coefficient (Wildman–Crippen LogP) is 3.96. The molecule has 0 aromatic heterocycles. The van der Waals surface area contributed by atoms with Gasteiger partial charge in [0.1, 0.15) is 23.7 Å². The molecule has 7 nitrogen and oxygen atoms in total. The number of nitrogens with one attached hydrogen (secondary N) is 1.